The quantitative estimate of drug-likeness (QED) is 0.325. The summed E-state index contributed by atoms with van der Waals surface area (Å²) in [5, 5.41) is 9.51. The third-order valence-electron chi connectivity index (χ3n) is 10.4. The fraction of sp³-hybridized carbons (Fsp3) is 0.500. The van der Waals surface area contributed by atoms with Gasteiger partial charge in [0.25, 0.3) is 0 Å². The Morgan fingerprint density at radius 3 is 2.29 bits per heavy atom. The van der Waals surface area contributed by atoms with Crippen LogP contribution in [0.1, 0.15) is 47.1 Å². The van der Waals surface area contributed by atoms with Crippen LogP contribution in [0.15, 0.2) is 54.9 Å². The Kier molecular flexibility index (Phi) is 10.0. The molecule has 3 fully saturated rings. The minimum atomic E-state index is -4.54. The van der Waals surface area contributed by atoms with Crippen molar-refractivity contribution in [3.63, 3.8) is 0 Å². The van der Waals surface area contributed by atoms with Gasteiger partial charge in [0, 0.05) is 81.6 Å². The first-order chi connectivity index (χ1) is 23.5. The van der Waals surface area contributed by atoms with Gasteiger partial charge in [0.2, 0.25) is 5.91 Å². The van der Waals surface area contributed by atoms with Crippen LogP contribution in [0, 0.1) is 24.7 Å². The Morgan fingerprint density at radius 1 is 0.918 bits per heavy atom. The van der Waals surface area contributed by atoms with Crippen LogP contribution in [0.3, 0.4) is 0 Å². The van der Waals surface area contributed by atoms with Crippen LogP contribution >= 0.6 is 0 Å². The van der Waals surface area contributed by atoms with Gasteiger partial charge in [-0.3, -0.25) is 9.59 Å². The number of carbonyl (C=O) groups is 2. The number of methoxy groups -OCH3 is 2. The van der Waals surface area contributed by atoms with E-state index in [1.54, 1.807) is 14.2 Å². The molecular weight excluding hydrogens is 639 g/mol. The first-order valence-corrected chi connectivity index (χ1v) is 16.6. The highest BCUT2D eigenvalue weighted by Crippen LogP contribution is 2.44. The maximum absolute atomic E-state index is 14.6. The molecule has 4 heterocycles. The Labute approximate surface area is 283 Å². The summed E-state index contributed by atoms with van der Waals surface area (Å²) < 4.78 is 52.8. The number of carboxylic acid groups (broad SMARTS) is 1. The van der Waals surface area contributed by atoms with Crippen molar-refractivity contribution in [3.05, 3.63) is 77.2 Å². The lowest BCUT2D eigenvalue weighted by atomic mass is 9.86. The van der Waals surface area contributed by atoms with E-state index >= 15 is 0 Å². The predicted octanol–water partition coefficient (Wildman–Crippen LogP) is 5.22. The first-order valence-electron chi connectivity index (χ1n) is 16.6. The summed E-state index contributed by atoms with van der Waals surface area (Å²) in [6.45, 7) is 4.65. The lowest BCUT2D eigenvalue weighted by molar-refractivity contribution is -0.142. The second-order valence-corrected chi connectivity index (χ2v) is 13.3. The zero-order valence-electron chi connectivity index (χ0n) is 27.9. The average Bonchev–Trinajstić information content (AvgIpc) is 3.73. The van der Waals surface area contributed by atoms with E-state index < -0.39 is 29.5 Å². The number of carbonyl (C=O) groups excluding carboxylic acids is 1. The van der Waals surface area contributed by atoms with Gasteiger partial charge >= 0.3 is 12.1 Å². The first kappa shape index (κ1) is 34.5. The number of alkyl halides is 3. The van der Waals surface area contributed by atoms with Crippen molar-refractivity contribution in [2.24, 2.45) is 17.8 Å². The third kappa shape index (κ3) is 7.31. The summed E-state index contributed by atoms with van der Waals surface area (Å²) >= 11 is 0. The SMILES string of the molecule is COC[C@H]1CN(C(=O)[C@@H]2CN(c3cc(C)ncn3)C[C@H]2c2ccc(OC)cc2)C[C@@H]1c1ccc(C(F)(F)F)cc1N1CCC(C(=O)O)CC1. The van der Waals surface area contributed by atoms with Crippen molar-refractivity contribution < 1.29 is 37.3 Å². The Balaban J connectivity index is 1.31. The predicted molar refractivity (Wildman–Crippen MR) is 177 cm³/mol. The Hall–Kier alpha value is -4.39. The smallest absolute Gasteiger partial charge is 0.416 e. The molecule has 0 saturated carbocycles. The Bertz CT molecular complexity index is 1650. The molecule has 3 aliphatic rings. The second kappa shape index (κ2) is 14.2. The molecule has 0 aliphatic carbocycles. The number of amides is 1. The van der Waals surface area contributed by atoms with Crippen molar-refractivity contribution in [1.29, 1.82) is 0 Å². The van der Waals surface area contributed by atoms with Gasteiger partial charge in [-0.2, -0.15) is 13.2 Å². The normalized spacial score (nSPS) is 23.3. The van der Waals surface area contributed by atoms with Gasteiger partial charge < -0.3 is 29.3 Å². The van der Waals surface area contributed by atoms with Gasteiger partial charge in [0.1, 0.15) is 17.9 Å². The highest BCUT2D eigenvalue weighted by Gasteiger charge is 2.46. The maximum Gasteiger partial charge on any atom is 0.416 e. The van der Waals surface area contributed by atoms with Crippen molar-refractivity contribution in [2.75, 3.05) is 69.9 Å². The monoisotopic (exact) mass is 681 g/mol. The standard InChI is InChI=1S/C36H42F3N5O5/c1-22-14-33(41-21-40-22)43-17-29(23-4-7-27(49-3)8-5-23)31(19-43)34(45)44-16-25(20-48-2)30(18-44)28-9-6-26(36(37,38)39)15-32(28)42-12-10-24(11-13-42)35(46)47/h4-9,14-15,21,24-25,29-31H,10-13,16-20H2,1-3H3,(H,46,47)/t25-,29+,30+,31-/m1/s1. The van der Waals surface area contributed by atoms with Crippen LogP contribution < -0.4 is 14.5 Å². The number of aryl methyl sites for hydroxylation is 1. The zero-order chi connectivity index (χ0) is 34.9. The molecule has 2 aromatic carbocycles. The number of anilines is 2. The number of nitrogens with zero attached hydrogens (tertiary/aromatic N) is 5. The number of benzene rings is 2. The van der Waals surface area contributed by atoms with E-state index in [9.17, 15) is 27.9 Å². The molecule has 3 saturated heterocycles. The molecule has 1 N–H and O–H groups in total. The maximum atomic E-state index is 14.6. The summed E-state index contributed by atoms with van der Waals surface area (Å²) in [4.78, 5) is 40.7. The average molecular weight is 682 g/mol. The highest BCUT2D eigenvalue weighted by atomic mass is 19.4. The number of hydrogen-bond acceptors (Lipinski definition) is 8. The fourth-order valence-corrected chi connectivity index (χ4v) is 7.74. The van der Waals surface area contributed by atoms with Crippen molar-refractivity contribution in [1.82, 2.24) is 14.9 Å². The molecule has 4 atom stereocenters. The van der Waals surface area contributed by atoms with Crippen LogP contribution in [-0.2, 0) is 20.5 Å². The van der Waals surface area contributed by atoms with E-state index in [-0.39, 0.29) is 23.7 Å². The van der Waals surface area contributed by atoms with E-state index in [4.69, 9.17) is 9.47 Å². The van der Waals surface area contributed by atoms with E-state index in [0.29, 0.717) is 64.4 Å². The summed E-state index contributed by atoms with van der Waals surface area (Å²) in [5.41, 5.74) is 2.24. The molecule has 49 heavy (non-hydrogen) atoms. The summed E-state index contributed by atoms with van der Waals surface area (Å²) in [5.74, 6) is -0.921. The number of hydrogen-bond donors (Lipinski definition) is 1. The van der Waals surface area contributed by atoms with Gasteiger partial charge in [0.15, 0.2) is 0 Å². The molecule has 13 heteroatoms. The van der Waals surface area contributed by atoms with Crippen LogP contribution in [0.2, 0.25) is 0 Å². The number of aromatic nitrogens is 2. The van der Waals surface area contributed by atoms with E-state index in [2.05, 4.69) is 14.9 Å². The van der Waals surface area contributed by atoms with Gasteiger partial charge in [-0.15, -0.1) is 0 Å². The minimum Gasteiger partial charge on any atom is -0.497 e. The number of halogens is 3. The van der Waals surface area contributed by atoms with Crippen LogP contribution in [0.25, 0.3) is 0 Å². The fourth-order valence-electron chi connectivity index (χ4n) is 7.74. The second-order valence-electron chi connectivity index (χ2n) is 13.3. The third-order valence-corrected chi connectivity index (χ3v) is 10.4. The van der Waals surface area contributed by atoms with Crippen molar-refractivity contribution in [3.8, 4) is 5.75 Å². The number of rotatable bonds is 9. The molecule has 3 aliphatic heterocycles. The molecule has 262 valence electrons. The lowest BCUT2D eigenvalue weighted by Crippen LogP contribution is -2.38. The van der Waals surface area contributed by atoms with Crippen LogP contribution in [0.5, 0.6) is 5.75 Å². The van der Waals surface area contributed by atoms with E-state index in [0.717, 1.165) is 34.5 Å². The van der Waals surface area contributed by atoms with Crippen LogP contribution in [0.4, 0.5) is 24.7 Å². The highest BCUT2D eigenvalue weighted by molar-refractivity contribution is 5.82. The summed E-state index contributed by atoms with van der Waals surface area (Å²) in [6.07, 6.45) is -2.32. The molecule has 0 bridgehead atoms. The summed E-state index contributed by atoms with van der Waals surface area (Å²) in [6, 6.07) is 13.5. The molecule has 3 aromatic rings. The number of carboxylic acids is 1. The number of aliphatic carboxylic acids is 1. The van der Waals surface area contributed by atoms with Crippen LogP contribution in [-0.4, -0.2) is 91.9 Å². The molecule has 0 radical (unpaired) electrons. The van der Waals surface area contributed by atoms with E-state index in [1.165, 1.54) is 18.5 Å². The molecular formula is C36H42F3N5O5. The topological polar surface area (TPSA) is 108 Å². The van der Waals surface area contributed by atoms with Gasteiger partial charge in [-0.1, -0.05) is 18.2 Å². The molecule has 6 rings (SSSR count). The van der Waals surface area contributed by atoms with E-state index in [1.807, 2.05) is 47.1 Å². The number of ether oxygens (including phenoxy) is 2. The van der Waals surface area contributed by atoms with Gasteiger partial charge in [0.05, 0.1) is 31.1 Å². The molecule has 1 aromatic heterocycles. The van der Waals surface area contributed by atoms with Gasteiger partial charge in [-0.05, 0) is 55.2 Å². The molecule has 0 unspecified atom stereocenters. The molecule has 0 spiro atoms. The number of likely N-dealkylation sites (tertiary alicyclic amines) is 1. The largest absolute Gasteiger partial charge is 0.497 e. The zero-order valence-corrected chi connectivity index (χ0v) is 27.9. The molecule has 10 nitrogen and oxygen atoms in total. The van der Waals surface area contributed by atoms with Crippen molar-refractivity contribution >= 4 is 23.4 Å². The van der Waals surface area contributed by atoms with Crippen molar-refractivity contribution in [2.45, 2.75) is 37.8 Å². The summed E-state index contributed by atoms with van der Waals surface area (Å²) in [7, 11) is 3.20. The van der Waals surface area contributed by atoms with Gasteiger partial charge in [-0.25, -0.2) is 9.97 Å². The molecule has 1 amide bonds. The number of piperidine rings is 1. The Morgan fingerprint density at radius 2 is 1.65 bits per heavy atom. The lowest BCUT2D eigenvalue weighted by Gasteiger charge is -2.35. The minimum absolute atomic E-state index is 0.0200.